The standard InChI is InChI=1S/5C6H8O2.C6H12Si.2C5H8N2.C5H10Si.C4H5NO2.C4H5N.C3H5ClO2.5C3H8.C3H4.C2H5Cl.2C2H6O.2CH3Br/c5*1-3-5-6(7)8-4-2;1-5-6-7(2,3)4;2*1-2-7-4-3-6-5-7;1-5-6(2,3)4;1-3-2-4(6)5-7-3;1-2-4-5-3-1;1-2-6-3(4)5;6*1-3-2;3*1-2-3;2*1-2/h5*4H2,1-2H3;1-4H3;2*3-5H,2H2,1H3;1H,2-4H3;2H,1H3,(H,5,6);1,3-4H,2H2;2H2,1H3;5*3H2,1-2H3;1H,2H3;2H2,1H3;2*3H,2H2,1H3;2*1H3. The summed E-state index contributed by atoms with van der Waals surface area (Å²) in [5.41, 5.74) is 5.00. The summed E-state index contributed by atoms with van der Waals surface area (Å²) < 4.78 is 35.1. The third-order valence-corrected chi connectivity index (χ3v) is 8.71. The number of rotatable bonds is 8. The highest BCUT2D eigenvalue weighted by Crippen LogP contribution is 1.96. The first-order valence-electron chi connectivity index (χ1n) is 38.2. The SMILES string of the molecule is C#CC.C#C[Si](C)(C)C.C1=CN=CC1.CBr.CBr.CC#CC(=O)OCC.CC#CC(=O)OCC.CC#CC(=O)OCC.CC#CC(=O)OCC.CC#CC(=O)OCC.CC#C[Si](C)(C)C.CCC.CCC.CCC.CCC.CCC.CCCl.CCO.CCO.CCOC(=O)Cl.CCn1ccnc1.CCn1ccnc1.Cc1cc(=O)[nH]o1. The number of aryl methyl sites for hydroxylation is 3. The van der Waals surface area contributed by atoms with Crippen LogP contribution in [-0.4, -0.2) is 163 Å². The first-order valence-corrected chi connectivity index (χ1v) is 49.3. The molecule has 0 spiro atoms. The molecule has 0 atom stereocenters. The Balaban J connectivity index is -0.0000000505. The second-order valence-corrected chi connectivity index (χ2v) is 31.3. The van der Waals surface area contributed by atoms with Crippen LogP contribution in [0.3, 0.4) is 0 Å². The minimum Gasteiger partial charge on any atom is -0.456 e. The maximum absolute atomic E-state index is 10.2. The fourth-order valence-corrected chi connectivity index (χ4v) is 4.32. The van der Waals surface area contributed by atoms with Crippen LogP contribution < -0.4 is 5.56 Å². The van der Waals surface area contributed by atoms with Crippen molar-refractivity contribution >= 4 is 113 Å². The molecule has 4 heterocycles. The van der Waals surface area contributed by atoms with Crippen LogP contribution in [0.5, 0.6) is 0 Å². The lowest BCUT2D eigenvalue weighted by molar-refractivity contribution is -0.137. The smallest absolute Gasteiger partial charge is 0.403 e. The first-order chi connectivity index (χ1) is 54.8. The van der Waals surface area contributed by atoms with Crippen LogP contribution in [0.4, 0.5) is 4.79 Å². The summed E-state index contributed by atoms with van der Waals surface area (Å²) in [6, 6.07) is 1.39. The molecular formula is C88H160Br2Cl2N6O16Si2. The van der Waals surface area contributed by atoms with Crippen molar-refractivity contribution in [2.24, 2.45) is 4.99 Å². The number of alkyl halides is 3. The lowest BCUT2D eigenvalue weighted by Gasteiger charge is -2.01. The molecular weight excluding hydrogens is 1680 g/mol. The third-order valence-electron chi connectivity index (χ3n) is 6.74. The molecule has 0 aromatic carbocycles. The van der Waals surface area contributed by atoms with E-state index in [9.17, 15) is 33.6 Å². The fraction of sp³-hybridized carbons (Fsp3) is 0.614. The predicted octanol–water partition coefficient (Wildman–Crippen LogP) is 21.7. The van der Waals surface area contributed by atoms with Crippen LogP contribution in [0.15, 0.2) is 70.1 Å². The number of halogens is 4. The Morgan fingerprint density at radius 3 is 0.793 bits per heavy atom. The van der Waals surface area contributed by atoms with Crippen molar-refractivity contribution < 1.29 is 71.9 Å². The highest BCUT2D eigenvalue weighted by molar-refractivity contribution is 9.09. The van der Waals surface area contributed by atoms with Crippen molar-refractivity contribution in [3.8, 4) is 95.0 Å². The van der Waals surface area contributed by atoms with Gasteiger partial charge in [0.1, 0.15) is 21.9 Å². The molecule has 116 heavy (non-hydrogen) atoms. The lowest BCUT2D eigenvalue weighted by Crippen LogP contribution is -2.15. The number of terminal acetylenes is 2. The van der Waals surface area contributed by atoms with Crippen LogP contribution in [0.2, 0.25) is 39.3 Å². The third kappa shape index (κ3) is 285. The molecule has 4 rings (SSSR count). The average molecular weight is 1850 g/mol. The molecule has 0 saturated heterocycles. The van der Waals surface area contributed by atoms with Gasteiger partial charge in [0, 0.05) is 123 Å². The molecule has 0 bridgehead atoms. The number of imidazole rings is 2. The topological polar surface area (TPSA) is 292 Å². The number of allylic oxidation sites excluding steroid dienone is 1. The van der Waals surface area contributed by atoms with Gasteiger partial charge in [-0.2, -0.15) is 5.16 Å². The van der Waals surface area contributed by atoms with Gasteiger partial charge in [0.2, 0.25) is 0 Å². The van der Waals surface area contributed by atoms with Crippen molar-refractivity contribution in [3.05, 3.63) is 71.9 Å². The largest absolute Gasteiger partial charge is 0.456 e. The van der Waals surface area contributed by atoms with E-state index in [1.54, 1.807) is 135 Å². The van der Waals surface area contributed by atoms with E-state index in [4.69, 9.17) is 39.8 Å². The number of aliphatic hydroxyl groups is 2. The van der Waals surface area contributed by atoms with Crippen molar-refractivity contribution in [2.45, 2.75) is 292 Å². The number of nitrogens with one attached hydrogen (secondary N) is 1. The van der Waals surface area contributed by atoms with Crippen LogP contribution in [-0.2, 0) is 65.5 Å². The van der Waals surface area contributed by atoms with Crippen LogP contribution >= 0.6 is 55.1 Å². The number of esters is 5. The monoisotopic (exact) mass is 1840 g/mol. The average Bonchev–Trinajstić information content (AvgIpc) is 1.88. The summed E-state index contributed by atoms with van der Waals surface area (Å²) in [4.78, 5) is 82.5. The molecule has 3 aromatic heterocycles. The molecule has 3 N–H and O–H groups in total. The summed E-state index contributed by atoms with van der Waals surface area (Å²) in [5, 5.41) is 17.3. The molecule has 0 radical (unpaired) electrons. The normalized spacial score (nSPS) is 7.70. The fourth-order valence-electron chi connectivity index (χ4n) is 3.46. The van der Waals surface area contributed by atoms with Crippen LogP contribution in [0.25, 0.3) is 0 Å². The van der Waals surface area contributed by atoms with Gasteiger partial charge in [-0.1, -0.05) is 215 Å². The van der Waals surface area contributed by atoms with Crippen molar-refractivity contribution in [1.82, 2.24) is 24.3 Å². The Bertz CT molecular complexity index is 2750. The van der Waals surface area contributed by atoms with E-state index in [2.05, 4.69) is 296 Å². The van der Waals surface area contributed by atoms with Crippen molar-refractivity contribution in [1.29, 1.82) is 0 Å². The summed E-state index contributed by atoms with van der Waals surface area (Å²) in [6.45, 7) is 72.3. The number of carbonyl (C=O) groups excluding carboxylic acids is 6. The number of hydrogen-bond donors (Lipinski definition) is 3. The van der Waals surface area contributed by atoms with E-state index < -0.39 is 51.4 Å². The Kier molecular flexibility index (Phi) is 219. The van der Waals surface area contributed by atoms with E-state index in [0.29, 0.717) is 45.4 Å². The molecule has 28 heteroatoms. The molecule has 0 amide bonds. The second-order valence-electron chi connectivity index (χ2n) is 21.0. The van der Waals surface area contributed by atoms with E-state index in [0.717, 1.165) is 25.4 Å². The maximum Gasteiger partial charge on any atom is 0.403 e. The zero-order valence-electron chi connectivity index (χ0n) is 78.8. The quantitative estimate of drug-likeness (QED) is 0.0359. The van der Waals surface area contributed by atoms with Gasteiger partial charge in [0.05, 0.1) is 52.3 Å². The Hall–Kier alpha value is -7.97. The number of H-pyrrole nitrogens is 1. The highest BCUT2D eigenvalue weighted by atomic mass is 79.9. The van der Waals surface area contributed by atoms with E-state index >= 15 is 0 Å². The first kappa shape index (κ1) is 156. The van der Waals surface area contributed by atoms with Gasteiger partial charge in [-0.05, 0) is 136 Å². The molecule has 0 unspecified atom stereocenters. The van der Waals surface area contributed by atoms with Crippen LogP contribution in [0.1, 0.15) is 238 Å². The van der Waals surface area contributed by atoms with Crippen molar-refractivity contribution in [2.75, 3.05) is 70.4 Å². The number of aliphatic hydroxyl groups excluding tert-OH is 2. The molecule has 0 saturated carbocycles. The van der Waals surface area contributed by atoms with E-state index in [1.807, 2.05) is 59.3 Å². The molecule has 1 aliphatic heterocycles. The van der Waals surface area contributed by atoms with Crippen LogP contribution in [0, 0.1) is 102 Å². The molecule has 0 fully saturated rings. The molecule has 3 aromatic rings. The molecule has 0 aliphatic carbocycles. The van der Waals surface area contributed by atoms with E-state index in [1.165, 1.54) is 38.2 Å². The Labute approximate surface area is 737 Å². The number of aromatic nitrogens is 5. The summed E-state index contributed by atoms with van der Waals surface area (Å²) in [5.74, 6) is 31.2. The number of nitrogens with zero attached hydrogens (tertiary/aromatic N) is 5. The number of aromatic amines is 1. The van der Waals surface area contributed by atoms with E-state index in [-0.39, 0.29) is 18.8 Å². The Morgan fingerprint density at radius 1 is 0.500 bits per heavy atom. The highest BCUT2D eigenvalue weighted by Gasteiger charge is 2.06. The lowest BCUT2D eigenvalue weighted by atomic mass is 10.5. The molecule has 1 aliphatic rings. The summed E-state index contributed by atoms with van der Waals surface area (Å²) >= 11 is 15.6. The van der Waals surface area contributed by atoms with Gasteiger partial charge < -0.3 is 52.3 Å². The minimum atomic E-state index is -1.10. The zero-order valence-corrected chi connectivity index (χ0v) is 85.5. The molecule has 22 nitrogen and oxygen atoms in total. The summed E-state index contributed by atoms with van der Waals surface area (Å²) in [6.07, 6.45) is 33.7. The maximum atomic E-state index is 10.2. The molecule has 674 valence electrons. The number of hydrogen-bond acceptors (Lipinski definition) is 19. The number of aliphatic imine (C=N–C) groups is 1. The van der Waals surface area contributed by atoms with Gasteiger partial charge in [0.25, 0.3) is 5.56 Å². The van der Waals surface area contributed by atoms with Gasteiger partial charge in [0.15, 0.2) is 0 Å². The Morgan fingerprint density at radius 2 is 0.733 bits per heavy atom. The second kappa shape index (κ2) is 163. The van der Waals surface area contributed by atoms with Gasteiger partial charge >= 0.3 is 35.3 Å². The summed E-state index contributed by atoms with van der Waals surface area (Å²) in [7, 11) is -2.12. The van der Waals surface area contributed by atoms with Gasteiger partial charge in [-0.15, -0.1) is 47.4 Å². The van der Waals surface area contributed by atoms with Crippen molar-refractivity contribution in [3.63, 3.8) is 0 Å². The minimum absolute atomic E-state index is 0.183. The van der Waals surface area contributed by atoms with Gasteiger partial charge in [-0.25, -0.2) is 38.7 Å². The zero-order chi connectivity index (χ0) is 95.5. The number of ether oxygens (including phenoxy) is 6. The van der Waals surface area contributed by atoms with Gasteiger partial charge in [-0.3, -0.25) is 9.79 Å². The number of carbonyl (C=O) groups is 6. The predicted molar refractivity (Wildman–Crippen MR) is 510 cm³/mol.